The van der Waals surface area contributed by atoms with Crippen molar-refractivity contribution in [1.82, 2.24) is 15.3 Å². The molecule has 0 unspecified atom stereocenters. The third-order valence-electron chi connectivity index (χ3n) is 6.55. The zero-order chi connectivity index (χ0) is 23.0. The molecule has 2 aliphatic rings. The van der Waals surface area contributed by atoms with Crippen LogP contribution in [0.15, 0.2) is 30.3 Å². The minimum Gasteiger partial charge on any atom is -0.362 e. The van der Waals surface area contributed by atoms with Gasteiger partial charge in [-0.05, 0) is 80.8 Å². The van der Waals surface area contributed by atoms with Crippen molar-refractivity contribution in [2.24, 2.45) is 5.92 Å². The van der Waals surface area contributed by atoms with E-state index >= 15 is 0 Å². The Morgan fingerprint density at radius 2 is 1.64 bits per heavy atom. The molecule has 2 saturated heterocycles. The Balaban J connectivity index is 1.36. The van der Waals surface area contributed by atoms with E-state index in [4.69, 9.17) is 22.2 Å². The third-order valence-corrected chi connectivity index (χ3v) is 6.80. The number of hydrogen-bond acceptors (Lipinski definition) is 5. The zero-order valence-corrected chi connectivity index (χ0v) is 20.3. The van der Waals surface area contributed by atoms with Gasteiger partial charge in [0.05, 0.1) is 0 Å². The number of nitrogens with one attached hydrogen (secondary N) is 2. The maximum absolute atomic E-state index is 13.0. The minimum atomic E-state index is -0.201. The lowest BCUT2D eigenvalue weighted by molar-refractivity contribution is 0.436. The van der Waals surface area contributed by atoms with Gasteiger partial charge in [0.2, 0.25) is 5.95 Å². The van der Waals surface area contributed by atoms with E-state index in [9.17, 15) is 4.39 Å². The van der Waals surface area contributed by atoms with Crippen LogP contribution < -0.4 is 20.4 Å². The van der Waals surface area contributed by atoms with Gasteiger partial charge in [0.25, 0.3) is 0 Å². The maximum atomic E-state index is 13.0. The highest BCUT2D eigenvalue weighted by Crippen LogP contribution is 2.27. The van der Waals surface area contributed by atoms with E-state index in [1.54, 1.807) is 0 Å². The Morgan fingerprint density at radius 3 is 2.30 bits per heavy atom. The van der Waals surface area contributed by atoms with Crippen molar-refractivity contribution in [2.75, 3.05) is 47.8 Å². The van der Waals surface area contributed by atoms with Gasteiger partial charge in [0, 0.05) is 38.8 Å². The number of rotatable bonds is 7. The molecule has 1 aromatic heterocycles. The Kier molecular flexibility index (Phi) is 8.31. The molecule has 3 heterocycles. The fourth-order valence-corrected chi connectivity index (χ4v) is 4.65. The average molecular weight is 471 g/mol. The molecule has 178 valence electrons. The van der Waals surface area contributed by atoms with Crippen LogP contribution in [0.3, 0.4) is 0 Å². The van der Waals surface area contributed by atoms with Crippen LogP contribution in [0.5, 0.6) is 0 Å². The van der Waals surface area contributed by atoms with E-state index in [0.29, 0.717) is 11.1 Å². The lowest BCUT2D eigenvalue weighted by Gasteiger charge is -2.33. The molecule has 33 heavy (non-hydrogen) atoms. The SMILES string of the molecule is CC1CCN(c2cc(N3CCCCC3)nc(NC(=S)NCCCc3ccc(F)cc3)n2)CC1. The molecule has 0 atom stereocenters. The number of piperidine rings is 2. The smallest absolute Gasteiger partial charge is 0.232 e. The van der Waals surface area contributed by atoms with Crippen LogP contribution in [-0.4, -0.2) is 47.8 Å². The predicted octanol–water partition coefficient (Wildman–Crippen LogP) is 4.76. The highest BCUT2D eigenvalue weighted by molar-refractivity contribution is 7.80. The van der Waals surface area contributed by atoms with Crippen molar-refractivity contribution in [3.05, 3.63) is 41.7 Å². The monoisotopic (exact) mass is 470 g/mol. The second-order valence-electron chi connectivity index (χ2n) is 9.24. The number of hydrogen-bond donors (Lipinski definition) is 2. The number of anilines is 3. The molecule has 0 amide bonds. The number of aromatic nitrogens is 2. The van der Waals surface area contributed by atoms with E-state index in [0.717, 1.165) is 68.7 Å². The molecule has 8 heteroatoms. The summed E-state index contributed by atoms with van der Waals surface area (Å²) in [6, 6.07) is 8.81. The van der Waals surface area contributed by atoms with Crippen LogP contribution in [-0.2, 0) is 6.42 Å². The summed E-state index contributed by atoms with van der Waals surface area (Å²) >= 11 is 5.52. The van der Waals surface area contributed by atoms with Gasteiger partial charge in [-0.2, -0.15) is 9.97 Å². The van der Waals surface area contributed by atoms with Crippen LogP contribution in [0, 0.1) is 11.7 Å². The molecule has 1 aromatic carbocycles. The van der Waals surface area contributed by atoms with E-state index in [1.165, 1.54) is 44.2 Å². The first-order valence-electron chi connectivity index (χ1n) is 12.2. The molecule has 6 nitrogen and oxygen atoms in total. The minimum absolute atomic E-state index is 0.201. The van der Waals surface area contributed by atoms with Gasteiger partial charge in [0.1, 0.15) is 17.5 Å². The standard InChI is InChI=1S/C25H35FN6S/c1-19-11-16-32(17-12-19)23-18-22(31-14-3-2-4-15-31)28-24(29-23)30-25(33)27-13-5-6-20-7-9-21(26)10-8-20/h7-10,18-19H,2-6,11-17H2,1H3,(H2,27,28,29,30,33). The van der Waals surface area contributed by atoms with Gasteiger partial charge in [-0.1, -0.05) is 19.1 Å². The number of thiocarbonyl (C=S) groups is 1. The molecule has 0 saturated carbocycles. The summed E-state index contributed by atoms with van der Waals surface area (Å²) < 4.78 is 13.0. The Bertz CT molecular complexity index is 908. The lowest BCUT2D eigenvalue weighted by Crippen LogP contribution is -2.35. The highest BCUT2D eigenvalue weighted by atomic mass is 32.1. The largest absolute Gasteiger partial charge is 0.362 e. The van der Waals surface area contributed by atoms with Crippen LogP contribution in [0.1, 0.15) is 51.0 Å². The fourth-order valence-electron chi connectivity index (χ4n) is 4.45. The summed E-state index contributed by atoms with van der Waals surface area (Å²) in [4.78, 5) is 14.4. The Morgan fingerprint density at radius 1 is 1.00 bits per heavy atom. The predicted molar refractivity (Wildman–Crippen MR) is 138 cm³/mol. The number of aryl methyl sites for hydroxylation is 1. The first-order valence-corrected chi connectivity index (χ1v) is 12.7. The summed E-state index contributed by atoms with van der Waals surface area (Å²) in [5.41, 5.74) is 1.12. The van der Waals surface area contributed by atoms with Crippen LogP contribution >= 0.6 is 12.2 Å². The van der Waals surface area contributed by atoms with Crippen LogP contribution in [0.2, 0.25) is 0 Å². The average Bonchev–Trinajstić information content (AvgIpc) is 2.84. The Labute approximate surface area is 202 Å². The molecule has 4 rings (SSSR count). The molecule has 2 fully saturated rings. The van der Waals surface area contributed by atoms with E-state index in [-0.39, 0.29) is 5.82 Å². The van der Waals surface area contributed by atoms with E-state index in [2.05, 4.69) is 33.4 Å². The lowest BCUT2D eigenvalue weighted by atomic mass is 9.99. The number of benzene rings is 1. The van der Waals surface area contributed by atoms with Gasteiger partial charge in [-0.25, -0.2) is 4.39 Å². The van der Waals surface area contributed by atoms with Crippen molar-refractivity contribution in [3.63, 3.8) is 0 Å². The molecule has 2 aromatic rings. The molecule has 0 bridgehead atoms. The van der Waals surface area contributed by atoms with Gasteiger partial charge in [0.15, 0.2) is 5.11 Å². The highest BCUT2D eigenvalue weighted by Gasteiger charge is 2.21. The number of halogens is 1. The van der Waals surface area contributed by atoms with Crippen molar-refractivity contribution < 1.29 is 4.39 Å². The van der Waals surface area contributed by atoms with Gasteiger partial charge < -0.3 is 20.4 Å². The summed E-state index contributed by atoms with van der Waals surface area (Å²) in [7, 11) is 0. The maximum Gasteiger partial charge on any atom is 0.232 e. The molecule has 2 aliphatic heterocycles. The molecule has 0 spiro atoms. The summed E-state index contributed by atoms with van der Waals surface area (Å²) in [5.74, 6) is 3.10. The summed E-state index contributed by atoms with van der Waals surface area (Å²) in [6.07, 6.45) is 7.86. The third kappa shape index (κ3) is 7.00. The van der Waals surface area contributed by atoms with Gasteiger partial charge in [-0.3, -0.25) is 0 Å². The number of nitrogens with zero attached hydrogens (tertiary/aromatic N) is 4. The first-order chi connectivity index (χ1) is 16.1. The molecule has 0 radical (unpaired) electrons. The van der Waals surface area contributed by atoms with Gasteiger partial charge in [-0.15, -0.1) is 0 Å². The first kappa shape index (κ1) is 23.7. The normalized spacial score (nSPS) is 17.2. The van der Waals surface area contributed by atoms with E-state index in [1.807, 2.05) is 12.1 Å². The summed E-state index contributed by atoms with van der Waals surface area (Å²) in [5, 5.41) is 7.00. The Hall–Kier alpha value is -2.48. The second kappa shape index (κ2) is 11.6. The zero-order valence-electron chi connectivity index (χ0n) is 19.5. The molecular formula is C25H35FN6S. The molecule has 0 aliphatic carbocycles. The van der Waals surface area contributed by atoms with Crippen molar-refractivity contribution >= 4 is 34.9 Å². The van der Waals surface area contributed by atoms with Crippen molar-refractivity contribution in [3.8, 4) is 0 Å². The fraction of sp³-hybridized carbons (Fsp3) is 0.560. The van der Waals surface area contributed by atoms with Crippen molar-refractivity contribution in [1.29, 1.82) is 0 Å². The molecular weight excluding hydrogens is 435 g/mol. The van der Waals surface area contributed by atoms with Gasteiger partial charge >= 0.3 is 0 Å². The second-order valence-corrected chi connectivity index (χ2v) is 9.64. The van der Waals surface area contributed by atoms with Crippen LogP contribution in [0.4, 0.5) is 22.0 Å². The topological polar surface area (TPSA) is 56.3 Å². The summed E-state index contributed by atoms with van der Waals surface area (Å²) in [6.45, 7) is 7.19. The van der Waals surface area contributed by atoms with Crippen LogP contribution in [0.25, 0.3) is 0 Å². The van der Waals surface area contributed by atoms with E-state index < -0.39 is 0 Å². The quantitative estimate of drug-likeness (QED) is 0.447. The van der Waals surface area contributed by atoms with Crippen molar-refractivity contribution in [2.45, 2.75) is 51.9 Å². The molecule has 2 N–H and O–H groups in total.